The van der Waals surface area contributed by atoms with Gasteiger partial charge in [0.05, 0.1) is 19.1 Å². The normalized spacial score (nSPS) is 10.0. The van der Waals surface area contributed by atoms with Gasteiger partial charge in [0.1, 0.15) is 5.56 Å². The molecule has 0 unspecified atom stereocenters. The predicted octanol–water partition coefficient (Wildman–Crippen LogP) is 2.81. The number of para-hydroxylation sites is 1. The molecule has 0 spiro atoms. The first-order valence-electron chi connectivity index (χ1n) is 6.12. The van der Waals surface area contributed by atoms with E-state index in [0.717, 1.165) is 0 Å². The van der Waals surface area contributed by atoms with Crippen LogP contribution in [-0.2, 0) is 4.74 Å². The van der Waals surface area contributed by atoms with Gasteiger partial charge >= 0.3 is 5.97 Å². The van der Waals surface area contributed by atoms with E-state index in [0.29, 0.717) is 10.6 Å². The average molecular weight is 306 g/mol. The van der Waals surface area contributed by atoms with Crippen LogP contribution in [0.4, 0.5) is 0 Å². The standard InChI is InChI=1S/C15H14O5S/c1-18-12-6-3-5-10(14(12)19-2)15(17)20-9-11(16)13-7-4-8-21-13/h3-8H,9H2,1-2H3. The second-order valence-electron chi connectivity index (χ2n) is 4.02. The van der Waals surface area contributed by atoms with Crippen LogP contribution in [-0.4, -0.2) is 32.6 Å². The Morgan fingerprint density at radius 1 is 1.10 bits per heavy atom. The number of hydrogen-bond acceptors (Lipinski definition) is 6. The first kappa shape index (κ1) is 15.1. The number of esters is 1. The van der Waals surface area contributed by atoms with Crippen molar-refractivity contribution in [2.75, 3.05) is 20.8 Å². The van der Waals surface area contributed by atoms with Gasteiger partial charge in [0.25, 0.3) is 0 Å². The Morgan fingerprint density at radius 2 is 1.90 bits per heavy atom. The molecule has 0 N–H and O–H groups in total. The lowest BCUT2D eigenvalue weighted by atomic mass is 10.2. The van der Waals surface area contributed by atoms with Crippen LogP contribution >= 0.6 is 11.3 Å². The molecule has 0 fully saturated rings. The fourth-order valence-corrected chi connectivity index (χ4v) is 2.42. The van der Waals surface area contributed by atoms with Gasteiger partial charge in [-0.25, -0.2) is 4.79 Å². The molecule has 0 saturated carbocycles. The Hall–Kier alpha value is -2.34. The Morgan fingerprint density at radius 3 is 2.52 bits per heavy atom. The zero-order valence-corrected chi connectivity index (χ0v) is 12.4. The Kier molecular flexibility index (Phi) is 4.94. The van der Waals surface area contributed by atoms with Crippen molar-refractivity contribution < 1.29 is 23.8 Å². The lowest BCUT2D eigenvalue weighted by molar-refractivity contribution is 0.0472. The molecule has 0 radical (unpaired) electrons. The number of Topliss-reactive ketones (excluding diaryl/α,β-unsaturated/α-hetero) is 1. The van der Waals surface area contributed by atoms with E-state index in [1.165, 1.54) is 25.6 Å². The van der Waals surface area contributed by atoms with Gasteiger partial charge in [0, 0.05) is 0 Å². The number of hydrogen-bond donors (Lipinski definition) is 0. The Balaban J connectivity index is 2.09. The lowest BCUT2D eigenvalue weighted by Gasteiger charge is -2.11. The monoisotopic (exact) mass is 306 g/mol. The SMILES string of the molecule is COc1cccc(C(=O)OCC(=O)c2cccs2)c1OC. The molecule has 1 aromatic heterocycles. The number of thiophene rings is 1. The van der Waals surface area contributed by atoms with Crippen LogP contribution in [0.25, 0.3) is 0 Å². The van der Waals surface area contributed by atoms with Crippen molar-refractivity contribution in [1.29, 1.82) is 0 Å². The number of ether oxygens (including phenoxy) is 3. The fourth-order valence-electron chi connectivity index (χ4n) is 1.77. The smallest absolute Gasteiger partial charge is 0.342 e. The van der Waals surface area contributed by atoms with E-state index < -0.39 is 5.97 Å². The maximum atomic E-state index is 12.1. The highest BCUT2D eigenvalue weighted by molar-refractivity contribution is 7.12. The van der Waals surface area contributed by atoms with Gasteiger partial charge in [-0.1, -0.05) is 12.1 Å². The second kappa shape index (κ2) is 6.90. The average Bonchev–Trinajstić information content (AvgIpc) is 3.05. The maximum Gasteiger partial charge on any atom is 0.342 e. The van der Waals surface area contributed by atoms with Crippen LogP contribution in [0.2, 0.25) is 0 Å². The molecular formula is C15H14O5S. The third-order valence-corrected chi connectivity index (χ3v) is 3.66. The van der Waals surface area contributed by atoms with Crippen LogP contribution in [0.3, 0.4) is 0 Å². The molecule has 0 aliphatic heterocycles. The second-order valence-corrected chi connectivity index (χ2v) is 4.97. The van der Waals surface area contributed by atoms with Crippen molar-refractivity contribution in [2.24, 2.45) is 0 Å². The van der Waals surface area contributed by atoms with E-state index in [9.17, 15) is 9.59 Å². The van der Waals surface area contributed by atoms with Crippen molar-refractivity contribution in [3.8, 4) is 11.5 Å². The Bertz CT molecular complexity index is 634. The molecule has 110 valence electrons. The zero-order chi connectivity index (χ0) is 15.2. The molecule has 6 heteroatoms. The topological polar surface area (TPSA) is 61.8 Å². The first-order chi connectivity index (χ1) is 10.2. The van der Waals surface area contributed by atoms with Gasteiger partial charge in [-0.2, -0.15) is 0 Å². The van der Waals surface area contributed by atoms with Crippen molar-refractivity contribution in [3.63, 3.8) is 0 Å². The van der Waals surface area contributed by atoms with Gasteiger partial charge in [-0.3, -0.25) is 4.79 Å². The predicted molar refractivity (Wildman–Crippen MR) is 78.5 cm³/mol. The third kappa shape index (κ3) is 3.41. The van der Waals surface area contributed by atoms with Crippen LogP contribution in [0.15, 0.2) is 35.7 Å². The minimum atomic E-state index is -0.629. The van der Waals surface area contributed by atoms with Gasteiger partial charge in [-0.05, 0) is 23.6 Å². The summed E-state index contributed by atoms with van der Waals surface area (Å²) in [5.41, 5.74) is 0.218. The van der Waals surface area contributed by atoms with Gasteiger partial charge in [0.2, 0.25) is 5.78 Å². The minimum absolute atomic E-state index is 0.218. The molecule has 0 saturated heterocycles. The molecule has 0 aliphatic rings. The number of rotatable bonds is 6. The number of benzene rings is 1. The number of carbonyl (C=O) groups is 2. The molecular weight excluding hydrogens is 292 g/mol. The molecule has 0 aliphatic carbocycles. The molecule has 2 aromatic rings. The molecule has 0 amide bonds. The van der Waals surface area contributed by atoms with Crippen molar-refractivity contribution >= 4 is 23.1 Å². The summed E-state index contributed by atoms with van der Waals surface area (Å²) in [5.74, 6) is -0.152. The minimum Gasteiger partial charge on any atom is -0.493 e. The van der Waals surface area contributed by atoms with Crippen LogP contribution in [0.5, 0.6) is 11.5 Å². The highest BCUT2D eigenvalue weighted by Gasteiger charge is 2.19. The van der Waals surface area contributed by atoms with Gasteiger partial charge in [0.15, 0.2) is 18.1 Å². The van der Waals surface area contributed by atoms with Gasteiger partial charge < -0.3 is 14.2 Å². The van der Waals surface area contributed by atoms with Crippen LogP contribution in [0, 0.1) is 0 Å². The summed E-state index contributed by atoms with van der Waals surface area (Å²) in [6, 6.07) is 8.34. The number of methoxy groups -OCH3 is 2. The highest BCUT2D eigenvalue weighted by Crippen LogP contribution is 2.31. The first-order valence-corrected chi connectivity index (χ1v) is 7.00. The van der Waals surface area contributed by atoms with Crippen molar-refractivity contribution in [1.82, 2.24) is 0 Å². The van der Waals surface area contributed by atoms with Gasteiger partial charge in [-0.15, -0.1) is 11.3 Å². The molecule has 21 heavy (non-hydrogen) atoms. The molecule has 2 rings (SSSR count). The molecule has 1 heterocycles. The Labute approximate surface area is 126 Å². The fraction of sp³-hybridized carbons (Fsp3) is 0.200. The third-order valence-electron chi connectivity index (χ3n) is 2.75. The van der Waals surface area contributed by atoms with Crippen molar-refractivity contribution in [2.45, 2.75) is 0 Å². The number of ketones is 1. The van der Waals surface area contributed by atoms with E-state index in [-0.39, 0.29) is 23.7 Å². The zero-order valence-electron chi connectivity index (χ0n) is 11.6. The van der Waals surface area contributed by atoms with Crippen molar-refractivity contribution in [3.05, 3.63) is 46.2 Å². The van der Waals surface area contributed by atoms with Crippen LogP contribution < -0.4 is 9.47 Å². The molecule has 1 aromatic carbocycles. The summed E-state index contributed by atoms with van der Waals surface area (Å²) in [6.07, 6.45) is 0. The summed E-state index contributed by atoms with van der Waals surface area (Å²) < 4.78 is 15.3. The summed E-state index contributed by atoms with van der Waals surface area (Å²) in [7, 11) is 2.92. The van der Waals surface area contributed by atoms with E-state index in [4.69, 9.17) is 14.2 Å². The van der Waals surface area contributed by atoms with E-state index in [2.05, 4.69) is 0 Å². The summed E-state index contributed by atoms with van der Waals surface area (Å²) in [4.78, 5) is 24.4. The summed E-state index contributed by atoms with van der Waals surface area (Å²) in [6.45, 7) is -0.306. The van der Waals surface area contributed by atoms with E-state index >= 15 is 0 Å². The molecule has 0 bridgehead atoms. The summed E-state index contributed by atoms with van der Waals surface area (Å²) >= 11 is 1.31. The highest BCUT2D eigenvalue weighted by atomic mass is 32.1. The molecule has 5 nitrogen and oxygen atoms in total. The van der Waals surface area contributed by atoms with Crippen LogP contribution in [0.1, 0.15) is 20.0 Å². The maximum absolute atomic E-state index is 12.1. The quantitative estimate of drug-likeness (QED) is 0.606. The molecule has 0 atom stereocenters. The van der Waals surface area contributed by atoms with E-state index in [1.807, 2.05) is 0 Å². The van der Waals surface area contributed by atoms with E-state index in [1.54, 1.807) is 35.7 Å². The lowest BCUT2D eigenvalue weighted by Crippen LogP contribution is -2.14. The summed E-state index contributed by atoms with van der Waals surface area (Å²) in [5, 5.41) is 1.79. The number of carbonyl (C=O) groups excluding carboxylic acids is 2. The largest absolute Gasteiger partial charge is 0.493 e.